The predicted octanol–water partition coefficient (Wildman–Crippen LogP) is 1.29. The fraction of sp³-hybridized carbons (Fsp3) is 0.455. The number of ether oxygens (including phenoxy) is 2. The Balaban J connectivity index is 2.11. The number of rotatable bonds is 3. The molecule has 1 aliphatic heterocycles. The minimum atomic E-state index is -0.582. The maximum Gasteiger partial charge on any atom is 0.373 e. The van der Waals surface area contributed by atoms with Crippen LogP contribution < -0.4 is 0 Å². The molecule has 0 aliphatic carbocycles. The van der Waals surface area contributed by atoms with Crippen LogP contribution >= 0.6 is 0 Å². The van der Waals surface area contributed by atoms with Gasteiger partial charge in [0.2, 0.25) is 11.5 Å². The fourth-order valence-electron chi connectivity index (χ4n) is 1.62. The van der Waals surface area contributed by atoms with Gasteiger partial charge in [-0.1, -0.05) is 0 Å². The minimum absolute atomic E-state index is 0.0461. The summed E-state index contributed by atoms with van der Waals surface area (Å²) >= 11 is 0. The molecular weight excluding hydrogens is 212 g/mol. The molecule has 86 valence electrons. The van der Waals surface area contributed by atoms with E-state index in [1.807, 2.05) is 0 Å². The first kappa shape index (κ1) is 10.9. The van der Waals surface area contributed by atoms with E-state index < -0.39 is 5.97 Å². The summed E-state index contributed by atoms with van der Waals surface area (Å²) in [5, 5.41) is 0. The number of methoxy groups -OCH3 is 1. The second-order valence-corrected chi connectivity index (χ2v) is 3.58. The van der Waals surface area contributed by atoms with E-state index in [1.54, 1.807) is 0 Å². The summed E-state index contributed by atoms with van der Waals surface area (Å²) in [4.78, 5) is 23.0. The Kier molecular flexibility index (Phi) is 3.05. The average molecular weight is 224 g/mol. The first-order valence-corrected chi connectivity index (χ1v) is 5.02. The molecule has 0 saturated carbocycles. The lowest BCUT2D eigenvalue weighted by Crippen LogP contribution is -2.13. The van der Waals surface area contributed by atoms with Crippen molar-refractivity contribution >= 4 is 11.8 Å². The minimum Gasteiger partial charge on any atom is -0.463 e. The molecule has 16 heavy (non-hydrogen) atoms. The largest absolute Gasteiger partial charge is 0.463 e. The fourth-order valence-corrected chi connectivity index (χ4v) is 1.62. The molecule has 0 amide bonds. The van der Waals surface area contributed by atoms with Gasteiger partial charge in [0.25, 0.3) is 0 Å². The maximum absolute atomic E-state index is 11.8. The normalized spacial score (nSPS) is 19.7. The topological polar surface area (TPSA) is 65.7 Å². The summed E-state index contributed by atoms with van der Waals surface area (Å²) in [6, 6.07) is 2.93. The van der Waals surface area contributed by atoms with Gasteiger partial charge in [0.15, 0.2) is 5.76 Å². The Hall–Kier alpha value is -1.62. The zero-order valence-electron chi connectivity index (χ0n) is 8.89. The van der Waals surface area contributed by atoms with E-state index in [0.717, 1.165) is 0 Å². The summed E-state index contributed by atoms with van der Waals surface area (Å²) in [6.45, 7) is 1.02. The molecule has 0 N–H and O–H groups in total. The summed E-state index contributed by atoms with van der Waals surface area (Å²) in [7, 11) is 1.26. The van der Waals surface area contributed by atoms with Gasteiger partial charge in [-0.25, -0.2) is 4.79 Å². The Morgan fingerprint density at radius 1 is 1.38 bits per heavy atom. The molecule has 2 rings (SSSR count). The van der Waals surface area contributed by atoms with Crippen LogP contribution in [0.2, 0.25) is 0 Å². The van der Waals surface area contributed by atoms with Gasteiger partial charge in [-0.2, -0.15) is 0 Å². The molecule has 1 fully saturated rings. The van der Waals surface area contributed by atoms with Gasteiger partial charge >= 0.3 is 5.97 Å². The highest BCUT2D eigenvalue weighted by molar-refractivity contribution is 5.97. The van der Waals surface area contributed by atoms with Crippen LogP contribution in [-0.4, -0.2) is 32.1 Å². The zero-order valence-corrected chi connectivity index (χ0v) is 8.89. The second kappa shape index (κ2) is 4.49. The van der Waals surface area contributed by atoms with E-state index in [-0.39, 0.29) is 23.2 Å². The average Bonchev–Trinajstić information content (AvgIpc) is 2.97. The highest BCUT2D eigenvalue weighted by atomic mass is 16.5. The molecule has 1 aromatic rings. The SMILES string of the molecule is COC(=O)c1ccc(C(=O)C2CCOC2)o1. The Bertz CT molecular complexity index is 400. The number of hydrogen-bond donors (Lipinski definition) is 0. The van der Waals surface area contributed by atoms with Crippen molar-refractivity contribution in [3.8, 4) is 0 Å². The van der Waals surface area contributed by atoms with Crippen LogP contribution in [0.15, 0.2) is 16.5 Å². The summed E-state index contributed by atoms with van der Waals surface area (Å²) in [5.41, 5.74) is 0. The van der Waals surface area contributed by atoms with Gasteiger partial charge in [-0.15, -0.1) is 0 Å². The molecular formula is C11H12O5. The van der Waals surface area contributed by atoms with Gasteiger partial charge in [-0.05, 0) is 18.6 Å². The Labute approximate surface area is 92.3 Å². The number of carbonyl (C=O) groups excluding carboxylic acids is 2. The van der Waals surface area contributed by atoms with E-state index in [1.165, 1.54) is 19.2 Å². The molecule has 0 radical (unpaired) electrons. The maximum atomic E-state index is 11.8. The van der Waals surface area contributed by atoms with Gasteiger partial charge < -0.3 is 13.9 Å². The molecule has 0 spiro atoms. The van der Waals surface area contributed by atoms with Crippen molar-refractivity contribution < 1.29 is 23.5 Å². The molecule has 5 heteroatoms. The Morgan fingerprint density at radius 3 is 2.75 bits per heavy atom. The van der Waals surface area contributed by atoms with Crippen LogP contribution in [0.3, 0.4) is 0 Å². The predicted molar refractivity (Wildman–Crippen MR) is 53.3 cm³/mol. The lowest BCUT2D eigenvalue weighted by atomic mass is 10.0. The smallest absolute Gasteiger partial charge is 0.373 e. The van der Waals surface area contributed by atoms with E-state index in [4.69, 9.17) is 9.15 Å². The molecule has 1 aromatic heterocycles. The van der Waals surface area contributed by atoms with Crippen LogP contribution in [0.25, 0.3) is 0 Å². The van der Waals surface area contributed by atoms with Crippen LogP contribution in [0.1, 0.15) is 27.5 Å². The van der Waals surface area contributed by atoms with Gasteiger partial charge in [0.05, 0.1) is 19.6 Å². The number of carbonyl (C=O) groups is 2. The van der Waals surface area contributed by atoms with Crippen molar-refractivity contribution in [1.29, 1.82) is 0 Å². The summed E-state index contributed by atoms with van der Waals surface area (Å²) < 4.78 is 14.7. The molecule has 0 bridgehead atoms. The van der Waals surface area contributed by atoms with Crippen LogP contribution in [-0.2, 0) is 9.47 Å². The van der Waals surface area contributed by atoms with Crippen molar-refractivity contribution in [3.05, 3.63) is 23.7 Å². The molecule has 2 heterocycles. The molecule has 0 aromatic carbocycles. The van der Waals surface area contributed by atoms with E-state index in [0.29, 0.717) is 19.6 Å². The van der Waals surface area contributed by atoms with E-state index in [9.17, 15) is 9.59 Å². The van der Waals surface area contributed by atoms with Crippen LogP contribution in [0.5, 0.6) is 0 Å². The van der Waals surface area contributed by atoms with Crippen LogP contribution in [0.4, 0.5) is 0 Å². The van der Waals surface area contributed by atoms with Gasteiger partial charge in [0.1, 0.15) is 0 Å². The van der Waals surface area contributed by atoms with Crippen molar-refractivity contribution in [2.75, 3.05) is 20.3 Å². The molecule has 1 atom stereocenters. The van der Waals surface area contributed by atoms with Crippen molar-refractivity contribution in [2.24, 2.45) is 5.92 Å². The highest BCUT2D eigenvalue weighted by Gasteiger charge is 2.27. The second-order valence-electron chi connectivity index (χ2n) is 3.58. The van der Waals surface area contributed by atoms with E-state index in [2.05, 4.69) is 4.74 Å². The highest BCUT2D eigenvalue weighted by Crippen LogP contribution is 2.20. The first-order chi connectivity index (χ1) is 7.72. The standard InChI is InChI=1S/C11H12O5/c1-14-11(13)9-3-2-8(16-9)10(12)7-4-5-15-6-7/h2-3,7H,4-6H2,1H3. The molecule has 1 unspecified atom stereocenters. The van der Waals surface area contributed by atoms with Crippen molar-refractivity contribution in [1.82, 2.24) is 0 Å². The Morgan fingerprint density at radius 2 is 2.12 bits per heavy atom. The van der Waals surface area contributed by atoms with Crippen LogP contribution in [0, 0.1) is 5.92 Å². The number of furan rings is 1. The monoisotopic (exact) mass is 224 g/mol. The van der Waals surface area contributed by atoms with Crippen molar-refractivity contribution in [2.45, 2.75) is 6.42 Å². The molecule has 5 nitrogen and oxygen atoms in total. The summed E-state index contributed by atoms with van der Waals surface area (Å²) in [6.07, 6.45) is 0.701. The van der Waals surface area contributed by atoms with Gasteiger partial charge in [0, 0.05) is 6.61 Å². The zero-order chi connectivity index (χ0) is 11.5. The third-order valence-electron chi connectivity index (χ3n) is 2.54. The lowest BCUT2D eigenvalue weighted by Gasteiger charge is -2.02. The number of esters is 1. The van der Waals surface area contributed by atoms with Crippen molar-refractivity contribution in [3.63, 3.8) is 0 Å². The quantitative estimate of drug-likeness (QED) is 0.571. The number of Topliss-reactive ketones (excluding diaryl/α,β-unsaturated/α-hetero) is 1. The lowest BCUT2D eigenvalue weighted by molar-refractivity contribution is 0.0562. The number of ketones is 1. The molecule has 1 aliphatic rings. The first-order valence-electron chi connectivity index (χ1n) is 5.02. The third-order valence-corrected chi connectivity index (χ3v) is 2.54. The summed E-state index contributed by atoms with van der Waals surface area (Å²) in [5.74, 6) is -0.619. The van der Waals surface area contributed by atoms with E-state index >= 15 is 0 Å². The third kappa shape index (κ3) is 1.99. The molecule has 1 saturated heterocycles. The number of hydrogen-bond acceptors (Lipinski definition) is 5. The van der Waals surface area contributed by atoms with Gasteiger partial charge in [-0.3, -0.25) is 4.79 Å².